The molecule has 8 aromatic heterocycles. The van der Waals surface area contributed by atoms with E-state index >= 15 is 0 Å². The molecule has 0 aliphatic rings. The van der Waals surface area contributed by atoms with E-state index in [1.807, 2.05) is 67.9 Å². The highest BCUT2D eigenvalue weighted by molar-refractivity contribution is 9.10. The lowest BCUT2D eigenvalue weighted by Gasteiger charge is -2.14. The predicted molar refractivity (Wildman–Crippen MR) is 288 cm³/mol. The number of halogens is 6. The zero-order valence-corrected chi connectivity index (χ0v) is 43.7. The molecule has 0 bridgehead atoms. The molecule has 0 saturated carbocycles. The second-order valence-corrected chi connectivity index (χ2v) is 19.5. The Kier molecular flexibility index (Phi) is 13.5. The number of fused-ring (bicyclic) bond motifs is 2. The van der Waals surface area contributed by atoms with Crippen LogP contribution in [0.3, 0.4) is 0 Å². The summed E-state index contributed by atoms with van der Waals surface area (Å²) in [5.41, 5.74) is 6.91. The van der Waals surface area contributed by atoms with E-state index in [2.05, 4.69) is 71.6 Å². The number of thiazole rings is 1. The van der Waals surface area contributed by atoms with E-state index in [4.69, 9.17) is 30.6 Å². The zero-order chi connectivity index (χ0) is 53.5. The van der Waals surface area contributed by atoms with Crippen molar-refractivity contribution in [3.63, 3.8) is 0 Å². The zero-order valence-electron chi connectivity index (χ0n) is 40.6. The average molecular weight is 1140 g/mol. The Balaban J connectivity index is 0.000000164. The number of benzene rings is 4. The Morgan fingerprint density at radius 3 is 1.68 bits per heavy atom. The Bertz CT molecular complexity index is 4150. The molecular weight excluding hydrogens is 1100 g/mol. The minimum absolute atomic E-state index is 0.0900. The number of hydrogen-bond acceptors (Lipinski definition) is 14. The number of alkyl halides is 3. The van der Waals surface area contributed by atoms with Crippen molar-refractivity contribution in [1.29, 1.82) is 0 Å². The van der Waals surface area contributed by atoms with Crippen LogP contribution < -0.4 is 20.1 Å². The quantitative estimate of drug-likeness (QED) is 0.0843. The summed E-state index contributed by atoms with van der Waals surface area (Å²) in [6.07, 6.45) is 3.23. The van der Waals surface area contributed by atoms with E-state index in [0.29, 0.717) is 90.2 Å². The van der Waals surface area contributed by atoms with Gasteiger partial charge in [0.05, 0.1) is 37.5 Å². The standard InChI is InChI=1S/C27H19F4N7OS.C26H19BrClN7O2/c1-14-12-33-24(35-14)21-11-17(7-8-32-21)39-16-4-6-22-20(10-16)37-26(38(22)2)36-15-3-5-18(19(9-15)27(29,30)31)23-13-34-25(28)40-23;1-14-13-30-25(31-14)21-11-17(7-8-29-21)36-16-4-6-22-20(10-16)33-26(35(22)2)32-15-3-5-19(28)18(9-15)23-12-24(27)34-37-23/h3-13H,1-2H3,(H,33,35)(H,36,37);3-13H,1-2H3,(H,30,31)(H,32,33). The molecule has 4 aromatic carbocycles. The van der Waals surface area contributed by atoms with Crippen molar-refractivity contribution in [3.8, 4) is 67.8 Å². The second kappa shape index (κ2) is 20.7. The van der Waals surface area contributed by atoms with E-state index < -0.39 is 17.0 Å². The summed E-state index contributed by atoms with van der Waals surface area (Å²) in [6, 6.07) is 29.3. The van der Waals surface area contributed by atoms with Gasteiger partial charge in [0.2, 0.25) is 11.9 Å². The van der Waals surface area contributed by atoms with E-state index in [-0.39, 0.29) is 16.1 Å². The normalized spacial score (nSPS) is 11.5. The average Bonchev–Trinajstić information content (AvgIpc) is 4.34. The minimum atomic E-state index is -4.66. The van der Waals surface area contributed by atoms with Gasteiger partial charge < -0.3 is 43.7 Å². The molecule has 0 atom stereocenters. The summed E-state index contributed by atoms with van der Waals surface area (Å²) in [5, 5.41) is 9.96. The number of H-pyrrole nitrogens is 2. The van der Waals surface area contributed by atoms with Crippen LogP contribution in [0.4, 0.5) is 40.8 Å². The number of imidazole rings is 4. The first kappa shape index (κ1) is 50.2. The highest BCUT2D eigenvalue weighted by Crippen LogP contribution is 2.41. The van der Waals surface area contributed by atoms with Crippen LogP contribution in [0.1, 0.15) is 17.0 Å². The van der Waals surface area contributed by atoms with Crippen LogP contribution in [0.5, 0.6) is 23.0 Å². The Morgan fingerprint density at radius 1 is 0.636 bits per heavy atom. The van der Waals surface area contributed by atoms with Crippen molar-refractivity contribution in [3.05, 3.63) is 166 Å². The van der Waals surface area contributed by atoms with Crippen molar-refractivity contribution < 1.29 is 31.6 Å². The van der Waals surface area contributed by atoms with E-state index in [9.17, 15) is 17.6 Å². The van der Waals surface area contributed by atoms with Crippen LogP contribution in [-0.2, 0) is 20.3 Å². The van der Waals surface area contributed by atoms with Crippen molar-refractivity contribution in [2.75, 3.05) is 10.6 Å². The molecule has 8 heterocycles. The molecule has 77 heavy (non-hydrogen) atoms. The number of aromatic nitrogens is 12. The number of rotatable bonds is 12. The fourth-order valence-electron chi connectivity index (χ4n) is 8.16. The summed E-state index contributed by atoms with van der Waals surface area (Å²) >= 11 is 10.2. The molecule has 0 radical (unpaired) electrons. The van der Waals surface area contributed by atoms with Gasteiger partial charge in [0, 0.05) is 109 Å². The first-order valence-electron chi connectivity index (χ1n) is 23.1. The van der Waals surface area contributed by atoms with Crippen LogP contribution in [0.2, 0.25) is 5.02 Å². The van der Waals surface area contributed by atoms with Crippen LogP contribution in [0.25, 0.3) is 66.9 Å². The van der Waals surface area contributed by atoms with Crippen LogP contribution >= 0.6 is 38.9 Å². The minimum Gasteiger partial charge on any atom is -0.457 e. The molecule has 17 nitrogen and oxygen atoms in total. The van der Waals surface area contributed by atoms with Gasteiger partial charge in [-0.1, -0.05) is 34.2 Å². The summed E-state index contributed by atoms with van der Waals surface area (Å²) in [6.45, 7) is 3.85. The molecular formula is C53H38BrClF4N14O3S. The van der Waals surface area contributed by atoms with Gasteiger partial charge in [-0.05, 0) is 96.5 Å². The van der Waals surface area contributed by atoms with Crippen molar-refractivity contribution in [1.82, 2.24) is 59.1 Å². The molecule has 386 valence electrons. The lowest BCUT2D eigenvalue weighted by molar-refractivity contribution is -0.137. The summed E-state index contributed by atoms with van der Waals surface area (Å²) in [5.74, 6) is 5.26. The number of nitrogens with zero attached hydrogens (tertiary/aromatic N) is 10. The van der Waals surface area contributed by atoms with Crippen LogP contribution in [0.15, 0.2) is 143 Å². The molecule has 0 unspecified atom stereocenters. The number of hydrogen-bond donors (Lipinski definition) is 4. The van der Waals surface area contributed by atoms with Crippen molar-refractivity contribution >= 4 is 84.2 Å². The van der Waals surface area contributed by atoms with Gasteiger partial charge >= 0.3 is 6.18 Å². The summed E-state index contributed by atoms with van der Waals surface area (Å²) in [7, 11) is 3.70. The van der Waals surface area contributed by atoms with Crippen LogP contribution in [0, 0.1) is 19.1 Å². The first-order chi connectivity index (χ1) is 37.1. The third-order valence-corrected chi connectivity index (χ3v) is 13.3. The van der Waals surface area contributed by atoms with Gasteiger partial charge in [-0.25, -0.2) is 24.9 Å². The molecule has 0 spiro atoms. The lowest BCUT2D eigenvalue weighted by Crippen LogP contribution is -2.08. The maximum absolute atomic E-state index is 13.9. The molecule has 0 aliphatic heterocycles. The Labute approximate surface area is 451 Å². The second-order valence-electron chi connectivity index (χ2n) is 17.3. The number of aryl methyl sites for hydroxylation is 4. The summed E-state index contributed by atoms with van der Waals surface area (Å²) < 4.78 is 76.8. The smallest absolute Gasteiger partial charge is 0.417 e. The molecule has 0 amide bonds. The Morgan fingerprint density at radius 2 is 1.18 bits per heavy atom. The van der Waals surface area contributed by atoms with E-state index in [0.717, 1.165) is 51.5 Å². The molecule has 12 rings (SSSR count). The van der Waals surface area contributed by atoms with E-state index in [1.165, 1.54) is 12.1 Å². The molecule has 0 saturated heterocycles. The SMILES string of the molecule is Cc1cnc(-c2cc(Oc3ccc4c(c3)nc(Nc3ccc(-c5cnc(F)s5)c(C(F)(F)F)c3)n4C)ccn2)[nH]1.Cc1cnc(-c2cc(Oc3ccc4c(c3)nc(Nc3ccc(Cl)c(-c5cc(Br)no5)c3)n4C)ccn2)[nH]1. The van der Waals surface area contributed by atoms with Gasteiger partial charge in [0.25, 0.3) is 5.26 Å². The van der Waals surface area contributed by atoms with Gasteiger partial charge in [-0.2, -0.15) is 17.6 Å². The fourth-order valence-corrected chi connectivity index (χ4v) is 9.33. The summed E-state index contributed by atoms with van der Waals surface area (Å²) in [4.78, 5) is 36.5. The van der Waals surface area contributed by atoms with Gasteiger partial charge in [0.1, 0.15) is 39.0 Å². The van der Waals surface area contributed by atoms with Crippen molar-refractivity contribution in [2.24, 2.45) is 14.1 Å². The molecule has 4 N–H and O–H groups in total. The maximum Gasteiger partial charge on any atom is 0.417 e. The maximum atomic E-state index is 13.9. The van der Waals surface area contributed by atoms with Crippen LogP contribution in [-0.4, -0.2) is 59.1 Å². The Hall–Kier alpha value is -8.93. The highest BCUT2D eigenvalue weighted by atomic mass is 79.9. The van der Waals surface area contributed by atoms with Gasteiger partial charge in [-0.15, -0.1) is 0 Å². The molecule has 24 heteroatoms. The first-order valence-corrected chi connectivity index (χ1v) is 25.1. The molecule has 0 fully saturated rings. The molecule has 12 aromatic rings. The number of anilines is 4. The van der Waals surface area contributed by atoms with E-state index in [1.54, 1.807) is 78.9 Å². The number of ether oxygens (including phenoxy) is 2. The van der Waals surface area contributed by atoms with Gasteiger partial charge in [-0.3, -0.25) is 9.97 Å². The number of pyridine rings is 2. The topological polar surface area (TPSA) is 200 Å². The third kappa shape index (κ3) is 10.9. The highest BCUT2D eigenvalue weighted by Gasteiger charge is 2.35. The number of nitrogens with one attached hydrogen (secondary N) is 4. The van der Waals surface area contributed by atoms with Gasteiger partial charge in [0.15, 0.2) is 17.4 Å². The molecule has 0 aliphatic carbocycles. The third-order valence-electron chi connectivity index (χ3n) is 11.8. The van der Waals surface area contributed by atoms with Crippen molar-refractivity contribution in [2.45, 2.75) is 20.0 Å². The lowest BCUT2D eigenvalue weighted by atomic mass is 10.0. The largest absolute Gasteiger partial charge is 0.457 e. The number of aromatic amines is 2. The fraction of sp³-hybridized carbons (Fsp3) is 0.0943. The predicted octanol–water partition coefficient (Wildman–Crippen LogP) is 14.8. The monoisotopic (exact) mass is 1140 g/mol.